The topological polar surface area (TPSA) is 114 Å². The molecule has 1 aromatic heterocycles. The van der Waals surface area contributed by atoms with Gasteiger partial charge in [0.05, 0.1) is 41.7 Å². The number of esters is 1. The van der Waals surface area contributed by atoms with E-state index in [9.17, 15) is 19.8 Å². The lowest BCUT2D eigenvalue weighted by atomic mass is 9.75. The summed E-state index contributed by atoms with van der Waals surface area (Å²) in [4.78, 5) is 25.8. The number of ether oxygens (including phenoxy) is 2. The molecular weight excluding hydrogens is 484 g/mol. The number of fused-ring (bicyclic) bond motifs is 2. The predicted octanol–water partition coefficient (Wildman–Crippen LogP) is 3.79. The van der Waals surface area contributed by atoms with E-state index in [0.717, 1.165) is 29.8 Å². The van der Waals surface area contributed by atoms with Crippen LogP contribution < -0.4 is 0 Å². The molecule has 2 aliphatic heterocycles. The summed E-state index contributed by atoms with van der Waals surface area (Å²) in [6.45, 7) is 5.64. The molecule has 0 unspecified atom stereocenters. The molecule has 202 valence electrons. The fourth-order valence-corrected chi connectivity index (χ4v) is 5.69. The highest BCUT2D eigenvalue weighted by Gasteiger charge is 2.53. The van der Waals surface area contributed by atoms with Crippen LogP contribution in [0.2, 0.25) is 0 Å². The molecule has 0 amide bonds. The molecule has 8 nitrogen and oxygen atoms in total. The molecule has 1 fully saturated rings. The Morgan fingerprint density at radius 2 is 1.95 bits per heavy atom. The molecule has 0 saturated carbocycles. The monoisotopic (exact) mass is 520 g/mol. The van der Waals surface area contributed by atoms with Crippen molar-refractivity contribution in [2.24, 2.45) is 11.8 Å². The number of aliphatic hydroxyl groups excluding tert-OH is 2. The minimum atomic E-state index is -1.27. The Morgan fingerprint density at radius 1 is 1.18 bits per heavy atom. The maximum Gasteiger partial charge on any atom is 0.309 e. The molecule has 0 radical (unpaired) electrons. The Morgan fingerprint density at radius 3 is 2.71 bits per heavy atom. The number of aromatic nitrogens is 2. The second-order valence-corrected chi connectivity index (χ2v) is 11.1. The minimum Gasteiger partial charge on any atom is -0.458 e. The number of hydrogen-bond acceptors (Lipinski definition) is 7. The molecule has 0 spiro atoms. The highest BCUT2D eigenvalue weighted by molar-refractivity contribution is 5.99. The van der Waals surface area contributed by atoms with E-state index in [1.165, 1.54) is 0 Å². The summed E-state index contributed by atoms with van der Waals surface area (Å²) in [5.74, 6) is -1.79. The van der Waals surface area contributed by atoms with E-state index in [2.05, 4.69) is 12.0 Å². The number of rotatable bonds is 3. The second-order valence-electron chi connectivity index (χ2n) is 11.1. The molecule has 8 heteroatoms. The van der Waals surface area contributed by atoms with Crippen LogP contribution >= 0.6 is 0 Å². The largest absolute Gasteiger partial charge is 0.458 e. The summed E-state index contributed by atoms with van der Waals surface area (Å²) >= 11 is 0. The van der Waals surface area contributed by atoms with E-state index >= 15 is 0 Å². The Balaban J connectivity index is 1.38. The Hall–Kier alpha value is -3.07. The van der Waals surface area contributed by atoms with Crippen LogP contribution in [-0.2, 0) is 19.1 Å². The molecule has 5 rings (SSSR count). The fourth-order valence-electron chi connectivity index (χ4n) is 5.69. The van der Waals surface area contributed by atoms with Gasteiger partial charge < -0.3 is 19.7 Å². The first kappa shape index (κ1) is 26.5. The highest BCUT2D eigenvalue weighted by Crippen LogP contribution is 2.45. The van der Waals surface area contributed by atoms with Crippen molar-refractivity contribution in [3.05, 3.63) is 65.5 Å². The maximum atomic E-state index is 13.0. The summed E-state index contributed by atoms with van der Waals surface area (Å²) in [5, 5.41) is 26.1. The quantitative estimate of drug-likeness (QED) is 0.467. The SMILES string of the molecule is C/C(=C\c1ccn(-c2ccccc2)n1)[C@@H]1C[C@@H]2O[C@]2(C)CCC[C@@H]2C=C(C(=O)[C@H](C)[C@H]2O)[C@@H](O)CC(=O)O1. The number of carbonyl (C=O) groups excluding carboxylic acids is 2. The van der Waals surface area contributed by atoms with E-state index in [1.807, 2.05) is 55.6 Å². The standard InChI is InChI=1S/C30H36N2O6/c1-18(14-21-11-13-32(31-21)22-9-5-4-6-10-22)25-17-26-30(3,38-26)12-7-8-20-15-23(24(33)16-27(34)37-25)29(36)19(2)28(20)35/h4-6,9-11,13-15,19-20,24-26,28,33,35H,7-8,12,16-17H2,1-3H3/b18-14+/t19-,20-,24+,25+,26+,28-,30-/m1/s1. The van der Waals surface area contributed by atoms with Gasteiger partial charge in [0, 0.05) is 30.0 Å². The van der Waals surface area contributed by atoms with Crippen LogP contribution in [0.3, 0.4) is 0 Å². The van der Waals surface area contributed by atoms with Crippen LogP contribution in [0.1, 0.15) is 58.6 Å². The number of para-hydroxylation sites is 1. The molecular formula is C30H36N2O6. The lowest BCUT2D eigenvalue weighted by Gasteiger charge is -2.32. The molecule has 7 atom stereocenters. The number of benzene rings is 1. The molecule has 1 aliphatic carbocycles. The number of carbonyl (C=O) groups is 2. The first-order chi connectivity index (χ1) is 18.1. The van der Waals surface area contributed by atoms with Crippen LogP contribution in [0.5, 0.6) is 0 Å². The molecule has 1 saturated heterocycles. The van der Waals surface area contributed by atoms with E-state index in [1.54, 1.807) is 17.7 Å². The van der Waals surface area contributed by atoms with Gasteiger partial charge in [-0.05, 0) is 63.0 Å². The zero-order valence-corrected chi connectivity index (χ0v) is 22.1. The molecule has 2 N–H and O–H groups in total. The maximum absolute atomic E-state index is 13.0. The van der Waals surface area contributed by atoms with Gasteiger partial charge in [0.25, 0.3) is 0 Å². The number of epoxide rings is 1. The first-order valence-electron chi connectivity index (χ1n) is 13.4. The van der Waals surface area contributed by atoms with Crippen molar-refractivity contribution < 1.29 is 29.3 Å². The zero-order valence-electron chi connectivity index (χ0n) is 22.1. The lowest BCUT2D eigenvalue weighted by Crippen LogP contribution is -2.40. The summed E-state index contributed by atoms with van der Waals surface area (Å²) in [5.41, 5.74) is 2.38. The van der Waals surface area contributed by atoms with Crippen LogP contribution in [0.4, 0.5) is 0 Å². The van der Waals surface area contributed by atoms with Gasteiger partial charge in [-0.15, -0.1) is 0 Å². The van der Waals surface area contributed by atoms with Crippen molar-refractivity contribution in [1.82, 2.24) is 9.78 Å². The molecule has 2 aromatic rings. The predicted molar refractivity (Wildman–Crippen MR) is 141 cm³/mol. The molecule has 3 aliphatic rings. The van der Waals surface area contributed by atoms with Crippen molar-refractivity contribution in [1.29, 1.82) is 0 Å². The average Bonchev–Trinajstić information content (AvgIpc) is 3.29. The van der Waals surface area contributed by atoms with E-state index < -0.39 is 30.2 Å². The number of aliphatic hydroxyl groups is 2. The van der Waals surface area contributed by atoms with Crippen LogP contribution in [-0.4, -0.2) is 61.8 Å². The van der Waals surface area contributed by atoms with Crippen molar-refractivity contribution in [2.75, 3.05) is 0 Å². The number of Topliss-reactive ketones (excluding diaryl/α,β-unsaturated/α-hetero) is 1. The van der Waals surface area contributed by atoms with Gasteiger partial charge in [-0.3, -0.25) is 9.59 Å². The second kappa shape index (κ2) is 10.6. The number of nitrogens with zero attached hydrogens (tertiary/aromatic N) is 2. The summed E-state index contributed by atoms with van der Waals surface area (Å²) in [6, 6.07) is 11.7. The van der Waals surface area contributed by atoms with E-state index in [0.29, 0.717) is 12.8 Å². The lowest BCUT2D eigenvalue weighted by molar-refractivity contribution is -0.149. The van der Waals surface area contributed by atoms with Crippen LogP contribution in [0.15, 0.2) is 59.8 Å². The number of hydrogen-bond donors (Lipinski definition) is 2. The minimum absolute atomic E-state index is 0.0683. The fraction of sp³-hybridized carbons (Fsp3) is 0.500. The smallest absolute Gasteiger partial charge is 0.309 e. The molecule has 3 heterocycles. The van der Waals surface area contributed by atoms with Gasteiger partial charge in [0.2, 0.25) is 0 Å². The van der Waals surface area contributed by atoms with Crippen LogP contribution in [0.25, 0.3) is 11.8 Å². The van der Waals surface area contributed by atoms with Crippen molar-refractivity contribution in [3.63, 3.8) is 0 Å². The highest BCUT2D eigenvalue weighted by atomic mass is 16.6. The van der Waals surface area contributed by atoms with Crippen molar-refractivity contribution >= 4 is 17.8 Å². The van der Waals surface area contributed by atoms with Gasteiger partial charge in [-0.25, -0.2) is 4.68 Å². The van der Waals surface area contributed by atoms with Gasteiger partial charge >= 0.3 is 5.97 Å². The number of cyclic esters (lactones) is 1. The Bertz CT molecular complexity index is 1250. The third-order valence-corrected chi connectivity index (χ3v) is 8.22. The normalized spacial score (nSPS) is 34.6. The van der Waals surface area contributed by atoms with Crippen LogP contribution in [0, 0.1) is 11.8 Å². The van der Waals surface area contributed by atoms with Gasteiger partial charge in [-0.1, -0.05) is 31.2 Å². The first-order valence-corrected chi connectivity index (χ1v) is 13.4. The molecule has 1 aromatic carbocycles. The van der Waals surface area contributed by atoms with E-state index in [-0.39, 0.29) is 35.4 Å². The Labute approximate surface area is 223 Å². The number of ketones is 1. The van der Waals surface area contributed by atoms with Crippen molar-refractivity contribution in [2.45, 2.75) is 82.9 Å². The third-order valence-electron chi connectivity index (χ3n) is 8.22. The Kier molecular flexibility index (Phi) is 7.40. The van der Waals surface area contributed by atoms with Crippen molar-refractivity contribution in [3.8, 4) is 5.69 Å². The van der Waals surface area contributed by atoms with E-state index in [4.69, 9.17) is 9.47 Å². The summed E-state index contributed by atoms with van der Waals surface area (Å²) in [7, 11) is 0. The van der Waals surface area contributed by atoms with Gasteiger partial charge in [0.15, 0.2) is 5.78 Å². The van der Waals surface area contributed by atoms with Gasteiger partial charge in [0.1, 0.15) is 6.10 Å². The molecule has 2 bridgehead atoms. The third kappa shape index (κ3) is 5.53. The summed E-state index contributed by atoms with van der Waals surface area (Å²) < 4.78 is 13.8. The average molecular weight is 521 g/mol. The zero-order chi connectivity index (χ0) is 27.0. The summed E-state index contributed by atoms with van der Waals surface area (Å²) in [6.07, 6.45) is 5.18. The van der Waals surface area contributed by atoms with Gasteiger partial charge in [-0.2, -0.15) is 5.10 Å². The molecule has 38 heavy (non-hydrogen) atoms.